The predicted molar refractivity (Wildman–Crippen MR) is 77.3 cm³/mol. The van der Waals surface area contributed by atoms with Crippen molar-refractivity contribution < 1.29 is 10.0 Å². The minimum absolute atomic E-state index is 0.0673. The zero-order valence-corrected chi connectivity index (χ0v) is 11.8. The molecular formula is C13H20N4O4. The number of hydrogen-bond acceptors (Lipinski definition) is 6. The Morgan fingerprint density at radius 3 is 2.29 bits per heavy atom. The van der Waals surface area contributed by atoms with Crippen LogP contribution in [0.15, 0.2) is 23.1 Å². The van der Waals surface area contributed by atoms with Crippen LogP contribution in [0.3, 0.4) is 0 Å². The molecule has 0 aromatic carbocycles. The molecule has 8 heteroatoms. The van der Waals surface area contributed by atoms with Crippen LogP contribution in [0, 0.1) is 10.1 Å². The molecule has 1 N–H and O–H groups in total. The number of aliphatic hydroxyl groups is 1. The second kappa shape index (κ2) is 7.30. The fraction of sp³-hybridized carbons (Fsp3) is 0.615. The third kappa shape index (κ3) is 4.35. The van der Waals surface area contributed by atoms with Gasteiger partial charge in [0.05, 0.1) is 17.7 Å². The van der Waals surface area contributed by atoms with Crippen molar-refractivity contribution in [3.05, 3.63) is 38.8 Å². The Balaban J connectivity index is 1.88. The van der Waals surface area contributed by atoms with Gasteiger partial charge in [0, 0.05) is 57.9 Å². The Morgan fingerprint density at radius 1 is 1.10 bits per heavy atom. The Labute approximate surface area is 122 Å². The molecule has 0 aliphatic carbocycles. The molecule has 21 heavy (non-hydrogen) atoms. The standard InChI is InChI=1S/C13H20N4O4/c18-10-9-15-5-3-14(4-6-15)7-8-16-11-12(17(20)21)1-2-13(16)19/h1-2,11,18H,3-10H2. The number of rotatable bonds is 6. The quantitative estimate of drug-likeness (QED) is 0.555. The molecular weight excluding hydrogens is 276 g/mol. The van der Waals surface area contributed by atoms with Crippen molar-refractivity contribution in [2.45, 2.75) is 6.54 Å². The van der Waals surface area contributed by atoms with E-state index in [4.69, 9.17) is 5.11 Å². The molecule has 0 amide bonds. The van der Waals surface area contributed by atoms with Crippen molar-refractivity contribution in [3.63, 3.8) is 0 Å². The molecule has 1 fully saturated rings. The van der Waals surface area contributed by atoms with Gasteiger partial charge < -0.3 is 9.67 Å². The van der Waals surface area contributed by atoms with Crippen molar-refractivity contribution in [2.75, 3.05) is 45.9 Å². The van der Waals surface area contributed by atoms with E-state index < -0.39 is 4.92 Å². The lowest BCUT2D eigenvalue weighted by molar-refractivity contribution is -0.385. The van der Waals surface area contributed by atoms with Gasteiger partial charge in [-0.1, -0.05) is 0 Å². The number of piperazine rings is 1. The molecule has 1 aromatic heterocycles. The van der Waals surface area contributed by atoms with Crippen LogP contribution in [-0.4, -0.2) is 70.3 Å². The first-order valence-corrected chi connectivity index (χ1v) is 7.00. The third-order valence-electron chi connectivity index (χ3n) is 3.72. The van der Waals surface area contributed by atoms with E-state index in [1.807, 2.05) is 0 Å². The van der Waals surface area contributed by atoms with E-state index in [2.05, 4.69) is 9.80 Å². The summed E-state index contributed by atoms with van der Waals surface area (Å²) in [6.07, 6.45) is 1.30. The lowest BCUT2D eigenvalue weighted by atomic mass is 10.3. The Kier molecular flexibility index (Phi) is 5.43. The summed E-state index contributed by atoms with van der Waals surface area (Å²) in [6.45, 7) is 5.54. The van der Waals surface area contributed by atoms with Crippen LogP contribution in [0.1, 0.15) is 0 Å². The first kappa shape index (κ1) is 15.6. The van der Waals surface area contributed by atoms with Crippen molar-refractivity contribution in [3.8, 4) is 0 Å². The van der Waals surface area contributed by atoms with Gasteiger partial charge in [-0.25, -0.2) is 0 Å². The van der Waals surface area contributed by atoms with Gasteiger partial charge in [0.2, 0.25) is 0 Å². The molecule has 0 saturated carbocycles. The third-order valence-corrected chi connectivity index (χ3v) is 3.72. The maximum absolute atomic E-state index is 11.7. The molecule has 2 heterocycles. The number of aromatic nitrogens is 1. The molecule has 1 saturated heterocycles. The summed E-state index contributed by atoms with van der Waals surface area (Å²) in [4.78, 5) is 26.3. The van der Waals surface area contributed by atoms with Gasteiger partial charge in [-0.3, -0.25) is 24.7 Å². The number of β-amino-alcohol motifs (C(OH)–C–C–N with tert-alkyl or cyclic N) is 1. The van der Waals surface area contributed by atoms with Crippen LogP contribution in [-0.2, 0) is 6.54 Å². The van der Waals surface area contributed by atoms with E-state index in [1.54, 1.807) is 0 Å². The zero-order chi connectivity index (χ0) is 15.2. The van der Waals surface area contributed by atoms with E-state index in [9.17, 15) is 14.9 Å². The molecule has 0 radical (unpaired) electrons. The van der Waals surface area contributed by atoms with Crippen molar-refractivity contribution in [1.29, 1.82) is 0 Å². The monoisotopic (exact) mass is 296 g/mol. The van der Waals surface area contributed by atoms with E-state index >= 15 is 0 Å². The molecule has 116 valence electrons. The predicted octanol–water partition coefficient (Wildman–Crippen LogP) is -0.634. The number of pyridine rings is 1. The maximum atomic E-state index is 11.7. The van der Waals surface area contributed by atoms with E-state index in [1.165, 1.54) is 22.9 Å². The second-order valence-electron chi connectivity index (χ2n) is 5.08. The Bertz CT molecular complexity index is 537. The summed E-state index contributed by atoms with van der Waals surface area (Å²) in [5, 5.41) is 19.6. The zero-order valence-electron chi connectivity index (χ0n) is 11.8. The summed E-state index contributed by atoms with van der Waals surface area (Å²) in [5.41, 5.74) is -0.290. The number of aliphatic hydroxyl groups excluding tert-OH is 1. The first-order valence-electron chi connectivity index (χ1n) is 7.00. The lowest BCUT2D eigenvalue weighted by Gasteiger charge is -2.34. The molecule has 0 bridgehead atoms. The minimum atomic E-state index is -0.496. The van der Waals surface area contributed by atoms with Crippen LogP contribution in [0.25, 0.3) is 0 Å². The van der Waals surface area contributed by atoms with Crippen LogP contribution in [0.4, 0.5) is 5.69 Å². The fourth-order valence-corrected chi connectivity index (χ4v) is 2.43. The van der Waals surface area contributed by atoms with Gasteiger partial charge in [0.25, 0.3) is 11.2 Å². The number of nitrogens with zero attached hydrogens (tertiary/aromatic N) is 4. The SMILES string of the molecule is O=c1ccc([N+](=O)[O-])cn1CCN1CCN(CCO)CC1. The number of nitro groups is 1. The highest BCUT2D eigenvalue weighted by Gasteiger charge is 2.16. The van der Waals surface area contributed by atoms with Crippen molar-refractivity contribution >= 4 is 5.69 Å². The van der Waals surface area contributed by atoms with Crippen molar-refractivity contribution in [1.82, 2.24) is 14.4 Å². The largest absolute Gasteiger partial charge is 0.395 e. The molecule has 1 aliphatic heterocycles. The van der Waals surface area contributed by atoms with Gasteiger partial charge in [-0.05, 0) is 0 Å². The van der Waals surface area contributed by atoms with E-state index in [0.717, 1.165) is 26.2 Å². The molecule has 0 unspecified atom stereocenters. The molecule has 0 atom stereocenters. The van der Waals surface area contributed by atoms with Gasteiger partial charge in [-0.15, -0.1) is 0 Å². The van der Waals surface area contributed by atoms with E-state index in [-0.39, 0.29) is 17.9 Å². The topological polar surface area (TPSA) is 91.8 Å². The van der Waals surface area contributed by atoms with Crippen molar-refractivity contribution in [2.24, 2.45) is 0 Å². The number of hydrogen-bond donors (Lipinski definition) is 1. The summed E-state index contributed by atoms with van der Waals surface area (Å²) >= 11 is 0. The molecule has 1 aliphatic rings. The van der Waals surface area contributed by atoms with Gasteiger partial charge >= 0.3 is 0 Å². The van der Waals surface area contributed by atoms with E-state index in [0.29, 0.717) is 19.6 Å². The highest BCUT2D eigenvalue weighted by atomic mass is 16.6. The van der Waals surface area contributed by atoms with Gasteiger partial charge in [0.1, 0.15) is 0 Å². The van der Waals surface area contributed by atoms with Crippen LogP contribution >= 0.6 is 0 Å². The fourth-order valence-electron chi connectivity index (χ4n) is 2.43. The summed E-state index contributed by atoms with van der Waals surface area (Å²) < 4.78 is 1.39. The van der Waals surface area contributed by atoms with Crippen LogP contribution in [0.2, 0.25) is 0 Å². The molecule has 2 rings (SSSR count). The summed E-state index contributed by atoms with van der Waals surface area (Å²) in [5.74, 6) is 0. The van der Waals surface area contributed by atoms with Crippen LogP contribution < -0.4 is 5.56 Å². The summed E-state index contributed by atoms with van der Waals surface area (Å²) in [7, 11) is 0. The minimum Gasteiger partial charge on any atom is -0.395 e. The average Bonchev–Trinajstić information content (AvgIpc) is 2.48. The van der Waals surface area contributed by atoms with Gasteiger partial charge in [-0.2, -0.15) is 0 Å². The Hall–Kier alpha value is -1.77. The van der Waals surface area contributed by atoms with Gasteiger partial charge in [0.15, 0.2) is 0 Å². The first-order chi connectivity index (χ1) is 10.1. The normalized spacial score (nSPS) is 17.0. The molecule has 0 spiro atoms. The Morgan fingerprint density at radius 2 is 1.71 bits per heavy atom. The summed E-state index contributed by atoms with van der Waals surface area (Å²) in [6, 6.07) is 2.46. The average molecular weight is 296 g/mol. The highest BCUT2D eigenvalue weighted by Crippen LogP contribution is 2.07. The molecule has 1 aromatic rings. The van der Waals surface area contributed by atoms with Crippen LogP contribution in [0.5, 0.6) is 0 Å². The smallest absolute Gasteiger partial charge is 0.285 e. The highest BCUT2D eigenvalue weighted by molar-refractivity contribution is 5.24. The molecule has 8 nitrogen and oxygen atoms in total. The maximum Gasteiger partial charge on any atom is 0.285 e. The second-order valence-corrected chi connectivity index (χ2v) is 5.08. The lowest BCUT2D eigenvalue weighted by Crippen LogP contribution is -2.48.